The van der Waals surface area contributed by atoms with E-state index in [1.807, 2.05) is 6.92 Å². The molecule has 0 fully saturated rings. The highest BCUT2D eigenvalue weighted by atomic mass is 16.1. The topological polar surface area (TPSA) is 58.2 Å². The van der Waals surface area contributed by atoms with Crippen molar-refractivity contribution in [3.8, 4) is 0 Å². The summed E-state index contributed by atoms with van der Waals surface area (Å²) in [5, 5.41) is 5.05. The maximum absolute atomic E-state index is 12.0. The van der Waals surface area contributed by atoms with Gasteiger partial charge >= 0.3 is 0 Å². The van der Waals surface area contributed by atoms with Gasteiger partial charge in [0, 0.05) is 17.5 Å². The first-order valence-corrected chi connectivity index (χ1v) is 5.65. The van der Waals surface area contributed by atoms with Crippen LogP contribution in [-0.2, 0) is 9.59 Å². The molecule has 0 aliphatic carbocycles. The molecule has 0 aliphatic heterocycles. The van der Waals surface area contributed by atoms with E-state index in [0.29, 0.717) is 17.7 Å². The van der Waals surface area contributed by atoms with Crippen LogP contribution in [0.1, 0.15) is 6.92 Å². The van der Waals surface area contributed by atoms with Crippen molar-refractivity contribution in [2.75, 3.05) is 0 Å². The lowest BCUT2D eigenvalue weighted by Gasteiger charge is -2.06. The van der Waals surface area contributed by atoms with Gasteiger partial charge in [-0.15, -0.1) is 0 Å². The Morgan fingerprint density at radius 2 is 1.79 bits per heavy atom. The second-order valence-corrected chi connectivity index (χ2v) is 3.29. The van der Waals surface area contributed by atoms with Crippen molar-refractivity contribution in [1.29, 1.82) is 0 Å². The molecule has 19 heavy (non-hydrogen) atoms. The number of allylic oxidation sites excluding steroid dienone is 6. The second-order valence-electron chi connectivity index (χ2n) is 3.29. The molecule has 0 saturated carbocycles. The van der Waals surface area contributed by atoms with Crippen molar-refractivity contribution in [3.05, 3.63) is 73.2 Å². The zero-order valence-electron chi connectivity index (χ0n) is 10.9. The van der Waals surface area contributed by atoms with Crippen LogP contribution in [0.4, 0.5) is 0 Å². The van der Waals surface area contributed by atoms with E-state index in [1.54, 1.807) is 30.4 Å². The van der Waals surface area contributed by atoms with Gasteiger partial charge in [-0.05, 0) is 19.1 Å². The molecule has 0 rings (SSSR count). The third-order valence-electron chi connectivity index (χ3n) is 1.89. The van der Waals surface area contributed by atoms with Crippen LogP contribution in [0.25, 0.3) is 0 Å². The largest absolute Gasteiger partial charge is 0.335 e. The van der Waals surface area contributed by atoms with Crippen LogP contribution in [0, 0.1) is 0 Å². The van der Waals surface area contributed by atoms with Gasteiger partial charge in [0.25, 0.3) is 5.91 Å². The number of carbonyl (C=O) groups excluding carboxylic acids is 2. The lowest BCUT2D eigenvalue weighted by atomic mass is 10.2. The van der Waals surface area contributed by atoms with Crippen LogP contribution < -0.4 is 10.6 Å². The predicted octanol–water partition coefficient (Wildman–Crippen LogP) is 2.12. The van der Waals surface area contributed by atoms with E-state index >= 15 is 0 Å². The lowest BCUT2D eigenvalue weighted by molar-refractivity contribution is -0.116. The monoisotopic (exact) mass is 258 g/mol. The highest BCUT2D eigenvalue weighted by Crippen LogP contribution is 2.01. The first kappa shape index (κ1) is 16.4. The van der Waals surface area contributed by atoms with Crippen molar-refractivity contribution in [2.45, 2.75) is 6.92 Å². The number of amides is 2. The highest BCUT2D eigenvalue weighted by Gasteiger charge is 2.05. The number of rotatable bonds is 8. The van der Waals surface area contributed by atoms with Crippen LogP contribution in [-0.4, -0.2) is 12.3 Å². The Balaban J connectivity index is 4.93. The maximum atomic E-state index is 12.0. The summed E-state index contributed by atoms with van der Waals surface area (Å²) in [6, 6.07) is 0. The predicted molar refractivity (Wildman–Crippen MR) is 77.9 cm³/mol. The van der Waals surface area contributed by atoms with Gasteiger partial charge in [0.05, 0.1) is 0 Å². The molecule has 0 aromatic carbocycles. The Bertz CT molecular complexity index is 455. The second kappa shape index (κ2) is 10.5. The Kier molecular flexibility index (Phi) is 9.08. The van der Waals surface area contributed by atoms with Gasteiger partial charge in [-0.3, -0.25) is 9.59 Å². The van der Waals surface area contributed by atoms with E-state index in [4.69, 9.17) is 0 Å². The van der Waals surface area contributed by atoms with E-state index in [0.717, 1.165) is 0 Å². The fourth-order valence-corrected chi connectivity index (χ4v) is 1.16. The molecular formula is C15H18N2O2. The molecule has 2 N–H and O–H groups in total. The molecule has 0 bridgehead atoms. The first-order valence-electron chi connectivity index (χ1n) is 5.65. The molecule has 0 radical (unpaired) electrons. The highest BCUT2D eigenvalue weighted by molar-refractivity contribution is 5.97. The average molecular weight is 258 g/mol. The third kappa shape index (κ3) is 7.33. The van der Waals surface area contributed by atoms with Crippen LogP contribution in [0.3, 0.4) is 0 Å². The van der Waals surface area contributed by atoms with E-state index < -0.39 is 0 Å². The normalized spacial score (nSPS) is 12.5. The summed E-state index contributed by atoms with van der Waals surface area (Å²) in [5.41, 5.74) is 0.984. The van der Waals surface area contributed by atoms with Gasteiger partial charge < -0.3 is 10.6 Å². The maximum Gasteiger partial charge on any atom is 0.255 e. The summed E-state index contributed by atoms with van der Waals surface area (Å²) in [6.07, 6.45) is 13.2. The molecule has 0 atom stereocenters. The zero-order valence-corrected chi connectivity index (χ0v) is 10.9. The Morgan fingerprint density at radius 1 is 1.11 bits per heavy atom. The summed E-state index contributed by atoms with van der Waals surface area (Å²) in [4.78, 5) is 22.1. The van der Waals surface area contributed by atoms with Gasteiger partial charge in [-0.25, -0.2) is 0 Å². The molecule has 0 spiro atoms. The quantitative estimate of drug-likeness (QED) is 0.398. The average Bonchev–Trinajstić information content (AvgIpc) is 2.39. The number of carbonyl (C=O) groups is 2. The van der Waals surface area contributed by atoms with Crippen molar-refractivity contribution in [3.63, 3.8) is 0 Å². The van der Waals surface area contributed by atoms with E-state index in [-0.39, 0.29) is 5.91 Å². The van der Waals surface area contributed by atoms with Crippen molar-refractivity contribution >= 4 is 12.3 Å². The minimum Gasteiger partial charge on any atom is -0.335 e. The molecule has 4 nitrogen and oxygen atoms in total. The molecule has 0 aromatic rings. The molecule has 0 heterocycles. The Labute approximate surface area is 113 Å². The standard InChI is InChI=1S/C15H18N2O2/c1-4-7-13(8-5-2)15(19)17-14(9-6-3)10-11-16-12-18/h4-12H,1,3H2,2H3,(H,16,18)(H,17,19)/b8-5-,11-10+,13-7+,14-9+. The molecule has 0 aromatic heterocycles. The van der Waals surface area contributed by atoms with Crippen LogP contribution >= 0.6 is 0 Å². The molecule has 2 amide bonds. The van der Waals surface area contributed by atoms with Crippen LogP contribution in [0.5, 0.6) is 0 Å². The fourth-order valence-electron chi connectivity index (χ4n) is 1.16. The van der Waals surface area contributed by atoms with E-state index in [2.05, 4.69) is 23.8 Å². The summed E-state index contributed by atoms with van der Waals surface area (Å²) in [7, 11) is 0. The van der Waals surface area contributed by atoms with E-state index in [9.17, 15) is 9.59 Å². The Hall–Kier alpha value is -2.62. The smallest absolute Gasteiger partial charge is 0.255 e. The number of hydrogen-bond donors (Lipinski definition) is 2. The molecular weight excluding hydrogens is 240 g/mol. The third-order valence-corrected chi connectivity index (χ3v) is 1.89. The zero-order chi connectivity index (χ0) is 14.5. The SMILES string of the molecule is C=C/C=C(\C=C\NC=O)NC(=O)C(/C=C\C)=C/C=C. The van der Waals surface area contributed by atoms with Gasteiger partial charge in [0.2, 0.25) is 6.41 Å². The Morgan fingerprint density at radius 3 is 2.32 bits per heavy atom. The summed E-state index contributed by atoms with van der Waals surface area (Å²) >= 11 is 0. The van der Waals surface area contributed by atoms with Gasteiger partial charge in [0.15, 0.2) is 0 Å². The number of nitrogens with one attached hydrogen (secondary N) is 2. The summed E-state index contributed by atoms with van der Waals surface area (Å²) in [6.45, 7) is 8.93. The van der Waals surface area contributed by atoms with Gasteiger partial charge in [-0.2, -0.15) is 0 Å². The minimum absolute atomic E-state index is 0.276. The van der Waals surface area contributed by atoms with Crippen molar-refractivity contribution in [1.82, 2.24) is 10.6 Å². The van der Waals surface area contributed by atoms with Crippen LogP contribution in [0.2, 0.25) is 0 Å². The number of hydrogen-bond acceptors (Lipinski definition) is 2. The molecule has 4 heteroatoms. The minimum atomic E-state index is -0.276. The molecule has 0 saturated heterocycles. The molecule has 0 aliphatic rings. The van der Waals surface area contributed by atoms with Gasteiger partial charge in [0.1, 0.15) is 0 Å². The summed E-state index contributed by atoms with van der Waals surface area (Å²) < 4.78 is 0. The van der Waals surface area contributed by atoms with Crippen molar-refractivity contribution in [2.24, 2.45) is 0 Å². The first-order chi connectivity index (χ1) is 9.19. The molecule has 0 unspecified atom stereocenters. The van der Waals surface area contributed by atoms with Crippen molar-refractivity contribution < 1.29 is 9.59 Å². The molecule has 100 valence electrons. The van der Waals surface area contributed by atoms with Crippen LogP contribution in [0.15, 0.2) is 73.2 Å². The summed E-state index contributed by atoms with van der Waals surface area (Å²) in [5.74, 6) is -0.276. The van der Waals surface area contributed by atoms with E-state index in [1.165, 1.54) is 18.4 Å². The lowest BCUT2D eigenvalue weighted by Crippen LogP contribution is -2.23. The van der Waals surface area contributed by atoms with Gasteiger partial charge in [-0.1, -0.05) is 43.5 Å². The fraction of sp³-hybridized carbons (Fsp3) is 0.0667.